The van der Waals surface area contributed by atoms with Crippen LogP contribution in [0.25, 0.3) is 0 Å². The van der Waals surface area contributed by atoms with Crippen molar-refractivity contribution in [2.75, 3.05) is 13.7 Å². The molecule has 0 saturated carbocycles. The minimum absolute atomic E-state index is 0.142. The highest BCUT2D eigenvalue weighted by Gasteiger charge is 2.02. The van der Waals surface area contributed by atoms with Crippen LogP contribution in [0.5, 0.6) is 0 Å². The third-order valence-corrected chi connectivity index (χ3v) is 2.41. The van der Waals surface area contributed by atoms with Gasteiger partial charge in [-0.3, -0.25) is 10.4 Å². The molecule has 5 nitrogen and oxygen atoms in total. The van der Waals surface area contributed by atoms with Gasteiger partial charge in [0.15, 0.2) is 5.11 Å². The summed E-state index contributed by atoms with van der Waals surface area (Å²) < 4.78 is 5.01. The Morgan fingerprint density at radius 1 is 1.61 bits per heavy atom. The standard InChI is InChI=1S/C12H18N4OS/c1-9(8-17-3)14-12(18)16-15-10(2)11-5-4-6-13-7-11/h4-7,9H,8H2,1-3H3,(H2,14,16,18)/b15-10-/t9-/m0/s1. The number of methoxy groups -OCH3 is 1. The second kappa shape index (κ2) is 7.73. The molecule has 0 radical (unpaired) electrons. The van der Waals surface area contributed by atoms with Gasteiger partial charge in [-0.1, -0.05) is 6.07 Å². The largest absolute Gasteiger partial charge is 0.383 e. The van der Waals surface area contributed by atoms with Crippen molar-refractivity contribution in [2.24, 2.45) is 5.10 Å². The van der Waals surface area contributed by atoms with Gasteiger partial charge in [0.05, 0.1) is 12.3 Å². The maximum absolute atomic E-state index is 5.11. The molecular formula is C12H18N4OS. The van der Waals surface area contributed by atoms with Crippen LogP contribution >= 0.6 is 12.2 Å². The molecule has 0 fully saturated rings. The second-order valence-electron chi connectivity index (χ2n) is 3.88. The highest BCUT2D eigenvalue weighted by Crippen LogP contribution is 1.97. The van der Waals surface area contributed by atoms with Gasteiger partial charge in [0.2, 0.25) is 0 Å². The fraction of sp³-hybridized carbons (Fsp3) is 0.417. The number of thiocarbonyl (C=S) groups is 1. The molecule has 1 aromatic heterocycles. The van der Waals surface area contributed by atoms with Crippen molar-refractivity contribution in [3.05, 3.63) is 30.1 Å². The van der Waals surface area contributed by atoms with Crippen LogP contribution in [0.2, 0.25) is 0 Å². The zero-order valence-corrected chi connectivity index (χ0v) is 11.6. The zero-order valence-electron chi connectivity index (χ0n) is 10.8. The first-order valence-corrected chi connectivity index (χ1v) is 6.04. The number of hydrogen-bond donors (Lipinski definition) is 2. The first kappa shape index (κ1) is 14.5. The predicted molar refractivity (Wildman–Crippen MR) is 76.7 cm³/mol. The van der Waals surface area contributed by atoms with Crippen molar-refractivity contribution in [3.8, 4) is 0 Å². The summed E-state index contributed by atoms with van der Waals surface area (Å²) in [7, 11) is 1.65. The summed E-state index contributed by atoms with van der Waals surface area (Å²) >= 11 is 5.11. The lowest BCUT2D eigenvalue weighted by Crippen LogP contribution is -2.40. The Labute approximate surface area is 113 Å². The maximum Gasteiger partial charge on any atom is 0.187 e. The fourth-order valence-corrected chi connectivity index (χ4v) is 1.57. The van der Waals surface area contributed by atoms with Crippen LogP contribution < -0.4 is 10.7 Å². The molecule has 1 heterocycles. The van der Waals surface area contributed by atoms with Crippen molar-refractivity contribution < 1.29 is 4.74 Å². The Bertz CT molecular complexity index is 408. The minimum atomic E-state index is 0.142. The maximum atomic E-state index is 5.11. The van der Waals surface area contributed by atoms with Crippen molar-refractivity contribution >= 4 is 23.0 Å². The van der Waals surface area contributed by atoms with E-state index < -0.39 is 0 Å². The van der Waals surface area contributed by atoms with E-state index in [1.807, 2.05) is 26.0 Å². The highest BCUT2D eigenvalue weighted by molar-refractivity contribution is 7.80. The van der Waals surface area contributed by atoms with Gasteiger partial charge < -0.3 is 10.1 Å². The average Bonchev–Trinajstić information content (AvgIpc) is 2.37. The second-order valence-corrected chi connectivity index (χ2v) is 4.29. The molecule has 1 atom stereocenters. The molecular weight excluding hydrogens is 248 g/mol. The molecule has 0 saturated heterocycles. The minimum Gasteiger partial charge on any atom is -0.383 e. The van der Waals surface area contributed by atoms with Crippen LogP contribution in [0.3, 0.4) is 0 Å². The van der Waals surface area contributed by atoms with E-state index in [9.17, 15) is 0 Å². The van der Waals surface area contributed by atoms with Gasteiger partial charge in [-0.2, -0.15) is 5.10 Å². The third-order valence-electron chi connectivity index (χ3n) is 2.20. The summed E-state index contributed by atoms with van der Waals surface area (Å²) in [5.41, 5.74) is 4.58. The molecule has 1 rings (SSSR count). The van der Waals surface area contributed by atoms with Gasteiger partial charge in [-0.25, -0.2) is 0 Å². The van der Waals surface area contributed by atoms with E-state index in [1.165, 1.54) is 0 Å². The van der Waals surface area contributed by atoms with Crippen LogP contribution in [0.4, 0.5) is 0 Å². The molecule has 2 N–H and O–H groups in total. The van der Waals surface area contributed by atoms with Gasteiger partial charge in [-0.05, 0) is 32.1 Å². The van der Waals surface area contributed by atoms with Crippen molar-refractivity contribution in [2.45, 2.75) is 19.9 Å². The number of hydrogen-bond acceptors (Lipinski definition) is 4. The molecule has 0 amide bonds. The molecule has 18 heavy (non-hydrogen) atoms. The summed E-state index contributed by atoms with van der Waals surface area (Å²) in [6.45, 7) is 4.47. The molecule has 0 aromatic carbocycles. The Morgan fingerprint density at radius 3 is 3.00 bits per heavy atom. The molecule has 0 spiro atoms. The molecule has 0 bridgehead atoms. The summed E-state index contributed by atoms with van der Waals surface area (Å²) in [6.07, 6.45) is 3.48. The molecule has 0 aliphatic heterocycles. The first-order valence-electron chi connectivity index (χ1n) is 5.63. The molecule has 1 aromatic rings. The quantitative estimate of drug-likeness (QED) is 0.478. The van der Waals surface area contributed by atoms with Crippen LogP contribution in [0.15, 0.2) is 29.6 Å². The van der Waals surface area contributed by atoms with Gasteiger partial charge >= 0.3 is 0 Å². The lowest BCUT2D eigenvalue weighted by molar-refractivity contribution is 0.179. The van der Waals surface area contributed by atoms with Gasteiger partial charge in [0, 0.05) is 31.1 Å². The number of aromatic nitrogens is 1. The van der Waals surface area contributed by atoms with Crippen LogP contribution in [0, 0.1) is 0 Å². The monoisotopic (exact) mass is 266 g/mol. The number of nitrogens with zero attached hydrogens (tertiary/aromatic N) is 2. The van der Waals surface area contributed by atoms with Crippen molar-refractivity contribution in [3.63, 3.8) is 0 Å². The Kier molecular flexibility index (Phi) is 6.24. The van der Waals surface area contributed by atoms with Crippen molar-refractivity contribution in [1.29, 1.82) is 0 Å². The van der Waals surface area contributed by atoms with E-state index in [0.717, 1.165) is 11.3 Å². The number of rotatable bonds is 5. The lowest BCUT2D eigenvalue weighted by atomic mass is 10.2. The average molecular weight is 266 g/mol. The van der Waals surface area contributed by atoms with E-state index >= 15 is 0 Å². The van der Waals surface area contributed by atoms with E-state index in [-0.39, 0.29) is 6.04 Å². The molecule has 98 valence electrons. The number of nitrogens with one attached hydrogen (secondary N) is 2. The number of hydrazone groups is 1. The van der Waals surface area contributed by atoms with Crippen LogP contribution in [0.1, 0.15) is 19.4 Å². The van der Waals surface area contributed by atoms with E-state index in [0.29, 0.717) is 11.7 Å². The summed E-state index contributed by atoms with van der Waals surface area (Å²) in [4.78, 5) is 4.03. The molecule has 0 unspecified atom stereocenters. The van der Waals surface area contributed by atoms with E-state index in [4.69, 9.17) is 17.0 Å². The lowest BCUT2D eigenvalue weighted by Gasteiger charge is -2.14. The van der Waals surface area contributed by atoms with Gasteiger partial charge in [0.1, 0.15) is 0 Å². The fourth-order valence-electron chi connectivity index (χ4n) is 1.32. The van der Waals surface area contributed by atoms with E-state index in [2.05, 4.69) is 20.8 Å². The van der Waals surface area contributed by atoms with Crippen LogP contribution in [-0.2, 0) is 4.74 Å². The van der Waals surface area contributed by atoms with Gasteiger partial charge in [-0.15, -0.1) is 0 Å². The summed E-state index contributed by atoms with van der Waals surface area (Å²) in [5, 5.41) is 7.72. The highest BCUT2D eigenvalue weighted by atomic mass is 32.1. The molecule has 6 heteroatoms. The van der Waals surface area contributed by atoms with Gasteiger partial charge in [0.25, 0.3) is 0 Å². The van der Waals surface area contributed by atoms with Crippen LogP contribution in [-0.4, -0.2) is 35.6 Å². The Morgan fingerprint density at radius 2 is 2.39 bits per heavy atom. The SMILES string of the molecule is COC[C@H](C)NC(=S)N/N=C(/C)c1cccnc1. The Hall–Kier alpha value is -1.53. The normalized spacial score (nSPS) is 12.9. The Balaban J connectivity index is 2.46. The first-order chi connectivity index (χ1) is 8.63. The predicted octanol–water partition coefficient (Wildman–Crippen LogP) is 1.30. The van der Waals surface area contributed by atoms with Crippen molar-refractivity contribution in [1.82, 2.24) is 15.7 Å². The topological polar surface area (TPSA) is 58.5 Å². The number of pyridine rings is 1. The third kappa shape index (κ3) is 5.20. The van der Waals surface area contributed by atoms with E-state index in [1.54, 1.807) is 19.5 Å². The summed E-state index contributed by atoms with van der Waals surface area (Å²) in [5.74, 6) is 0. The number of ether oxygens (including phenoxy) is 1. The molecule has 0 aliphatic carbocycles. The molecule has 0 aliphatic rings. The summed E-state index contributed by atoms with van der Waals surface area (Å²) in [6, 6.07) is 3.95. The smallest absolute Gasteiger partial charge is 0.187 e. The zero-order chi connectivity index (χ0) is 13.4.